The smallest absolute Gasteiger partial charge is 0.322 e. The molecule has 6 heterocycles. The molecule has 6 unspecified atom stereocenters. The van der Waals surface area contributed by atoms with E-state index in [1.165, 1.54) is 7.11 Å². The largest absolute Gasteiger partial charge is 0.496 e. The Morgan fingerprint density at radius 1 is 1.05 bits per heavy atom. The summed E-state index contributed by atoms with van der Waals surface area (Å²) >= 11 is 0. The Morgan fingerprint density at radius 2 is 1.83 bits per heavy atom. The summed E-state index contributed by atoms with van der Waals surface area (Å²) in [4.78, 5) is 52.7. The number of piperidine rings is 1. The van der Waals surface area contributed by atoms with E-state index in [1.54, 1.807) is 14.0 Å². The van der Waals surface area contributed by atoms with Crippen LogP contribution in [0.3, 0.4) is 0 Å². The van der Waals surface area contributed by atoms with E-state index in [0.29, 0.717) is 82.6 Å². The Labute approximate surface area is 375 Å². The molecule has 15 heteroatoms. The van der Waals surface area contributed by atoms with Crippen LogP contribution in [0.5, 0.6) is 5.75 Å². The van der Waals surface area contributed by atoms with E-state index in [4.69, 9.17) is 19.9 Å². The second-order valence-electron chi connectivity index (χ2n) is 19.7. The molecule has 2 aromatic carbocycles. The molecule has 7 N–H and O–H groups in total. The SMILES string of the molecule is CCC1(O)CC2CN(CCc3c([nH]c4ccccc34)[C@@](C(=O)OC)(c3cc4c(cc3OC)N(C)C3C45CCN4CC=C[C@](CC)(C45)[C@@H](O)[C@]3(O)C(=O)NCCCOC(=O)[C@H](C)N)C2)C1. The Bertz CT molecular complexity index is 2370. The number of ether oxygens (including phenoxy) is 3. The first-order chi connectivity index (χ1) is 30.6. The molecule has 15 nitrogen and oxygen atoms in total. The van der Waals surface area contributed by atoms with Crippen molar-refractivity contribution in [3.63, 3.8) is 0 Å². The first-order valence-corrected chi connectivity index (χ1v) is 23.2. The molecule has 5 aliphatic heterocycles. The van der Waals surface area contributed by atoms with Crippen molar-refractivity contribution in [1.29, 1.82) is 0 Å². The lowest BCUT2D eigenvalue weighted by molar-refractivity contribution is -0.203. The number of fused-ring (bicyclic) bond motifs is 6. The molecule has 3 aromatic rings. The van der Waals surface area contributed by atoms with Crippen LogP contribution < -0.4 is 20.7 Å². The zero-order valence-corrected chi connectivity index (χ0v) is 38.1. The number of benzene rings is 2. The number of rotatable bonds is 11. The van der Waals surface area contributed by atoms with Crippen molar-refractivity contribution in [3.8, 4) is 5.75 Å². The van der Waals surface area contributed by atoms with Crippen LogP contribution in [0.1, 0.15) is 81.7 Å². The van der Waals surface area contributed by atoms with Crippen molar-refractivity contribution in [2.45, 2.75) is 112 Å². The predicted octanol–water partition coefficient (Wildman–Crippen LogP) is 2.64. The molecule has 6 aliphatic rings. The predicted molar refractivity (Wildman–Crippen MR) is 241 cm³/mol. The molecule has 1 aliphatic carbocycles. The minimum Gasteiger partial charge on any atom is -0.496 e. The fourth-order valence-corrected chi connectivity index (χ4v) is 13.8. The number of aliphatic hydroxyl groups is 3. The third kappa shape index (κ3) is 6.24. The first kappa shape index (κ1) is 44.7. The van der Waals surface area contributed by atoms with Crippen LogP contribution in [-0.4, -0.2) is 151 Å². The highest BCUT2D eigenvalue weighted by atomic mass is 16.5. The van der Waals surface area contributed by atoms with Crippen molar-refractivity contribution in [2.75, 3.05) is 72.0 Å². The number of nitrogens with one attached hydrogen (secondary N) is 2. The van der Waals surface area contributed by atoms with Gasteiger partial charge in [0.2, 0.25) is 0 Å². The minimum absolute atomic E-state index is 0.0260. The fourth-order valence-electron chi connectivity index (χ4n) is 13.8. The standard InChI is InChI=1S/C49H66N6O9/c1-7-45(60)25-30-26-48(44(59)63-6,38-32(15-20-54(27-30)28-45)31-13-9-10-14-35(31)52-38)34-23-33-36(24-37(34)62-5)53(4)41-47(33)17-21-55-19-11-16-46(8-2,40(47)55)42(57)49(41,61)43(58)51-18-12-22-64-39(56)29(3)50/h9-11,13-14,16,23-24,29-30,40-42,52,57,60-61H,7-8,12,15,17-22,25-28,50H2,1-6H3,(H,51,58)/t29-,30?,40?,41?,42+,45?,46+,47?,48-,49-/m0/s1. The summed E-state index contributed by atoms with van der Waals surface area (Å²) in [6, 6.07) is 10.1. The summed E-state index contributed by atoms with van der Waals surface area (Å²) in [5.74, 6) is -1.37. The number of carbonyl (C=O) groups is 3. The van der Waals surface area contributed by atoms with Gasteiger partial charge in [0.25, 0.3) is 5.91 Å². The van der Waals surface area contributed by atoms with E-state index in [9.17, 15) is 24.9 Å². The topological polar surface area (TPSA) is 203 Å². The number of esters is 2. The lowest BCUT2D eigenvalue weighted by Crippen LogP contribution is -2.81. The summed E-state index contributed by atoms with van der Waals surface area (Å²) in [6.07, 6.45) is 5.87. The van der Waals surface area contributed by atoms with Gasteiger partial charge in [0.1, 0.15) is 23.3 Å². The van der Waals surface area contributed by atoms with Crippen molar-refractivity contribution in [2.24, 2.45) is 17.1 Å². The number of hydrogen-bond donors (Lipinski definition) is 6. The van der Waals surface area contributed by atoms with E-state index in [2.05, 4.69) is 32.2 Å². The normalized spacial score (nSPS) is 35.5. The van der Waals surface area contributed by atoms with Crippen LogP contribution in [0.25, 0.3) is 10.9 Å². The van der Waals surface area contributed by atoms with E-state index in [1.807, 2.05) is 62.2 Å². The van der Waals surface area contributed by atoms with Gasteiger partial charge in [-0.05, 0) is 87.6 Å². The average Bonchev–Trinajstić information content (AvgIpc) is 3.95. The number of anilines is 1. The van der Waals surface area contributed by atoms with Gasteiger partial charge < -0.3 is 50.5 Å². The van der Waals surface area contributed by atoms with Crippen LogP contribution >= 0.6 is 0 Å². The number of likely N-dealkylation sites (N-methyl/N-ethyl adjacent to an activating group) is 1. The molecule has 2 bridgehead atoms. The number of para-hydroxylation sites is 1. The zero-order valence-electron chi connectivity index (χ0n) is 38.1. The highest BCUT2D eigenvalue weighted by Gasteiger charge is 2.78. The van der Waals surface area contributed by atoms with Crippen LogP contribution in [0.15, 0.2) is 48.6 Å². The molecule has 64 heavy (non-hydrogen) atoms. The maximum absolute atomic E-state index is 15.4. The van der Waals surface area contributed by atoms with Crippen LogP contribution in [0, 0.1) is 11.3 Å². The molecule has 346 valence electrons. The fraction of sp³-hybridized carbons (Fsp3) is 0.612. The molecule has 0 radical (unpaired) electrons. The number of amides is 1. The van der Waals surface area contributed by atoms with Gasteiger partial charge in [0.15, 0.2) is 5.60 Å². The van der Waals surface area contributed by atoms with Crippen LogP contribution in [0.4, 0.5) is 5.69 Å². The lowest BCUT2D eigenvalue weighted by atomic mass is 9.47. The minimum atomic E-state index is -2.33. The molecule has 9 rings (SSSR count). The molecular weight excluding hydrogens is 817 g/mol. The second kappa shape index (κ2) is 16.1. The van der Waals surface area contributed by atoms with E-state index < -0.39 is 63.5 Å². The monoisotopic (exact) mass is 882 g/mol. The van der Waals surface area contributed by atoms with Crippen LogP contribution in [-0.2, 0) is 41.1 Å². The Morgan fingerprint density at radius 3 is 2.55 bits per heavy atom. The van der Waals surface area contributed by atoms with Gasteiger partial charge in [0.05, 0.1) is 32.5 Å². The summed E-state index contributed by atoms with van der Waals surface area (Å²) < 4.78 is 17.6. The number of carbonyl (C=O) groups excluding carboxylic acids is 3. The molecule has 3 fully saturated rings. The zero-order chi connectivity index (χ0) is 45.6. The average molecular weight is 883 g/mol. The van der Waals surface area contributed by atoms with Gasteiger partial charge in [-0.2, -0.15) is 0 Å². The first-order valence-electron chi connectivity index (χ1n) is 23.2. The number of aromatic amines is 1. The van der Waals surface area contributed by atoms with Gasteiger partial charge in [-0.1, -0.05) is 44.2 Å². The number of H-pyrrole nitrogens is 1. The highest BCUT2D eigenvalue weighted by molar-refractivity contribution is 5.95. The molecule has 11 atom stereocenters. The Kier molecular flexibility index (Phi) is 11.3. The molecule has 1 spiro atoms. The van der Waals surface area contributed by atoms with Crippen molar-refractivity contribution < 1.29 is 43.9 Å². The van der Waals surface area contributed by atoms with E-state index in [-0.39, 0.29) is 31.5 Å². The van der Waals surface area contributed by atoms with Crippen molar-refractivity contribution in [1.82, 2.24) is 20.1 Å². The van der Waals surface area contributed by atoms with E-state index >= 15 is 4.79 Å². The third-order valence-electron chi connectivity index (χ3n) is 16.4. The Balaban J connectivity index is 1.25. The number of hydrogen-bond acceptors (Lipinski definition) is 13. The number of nitrogens with zero attached hydrogens (tertiary/aromatic N) is 3. The molecule has 1 aromatic heterocycles. The van der Waals surface area contributed by atoms with Crippen molar-refractivity contribution >= 4 is 34.4 Å². The number of aromatic nitrogens is 1. The molecule has 1 saturated carbocycles. The summed E-state index contributed by atoms with van der Waals surface area (Å²) in [5, 5.41) is 42.1. The third-order valence-corrected chi connectivity index (χ3v) is 16.4. The summed E-state index contributed by atoms with van der Waals surface area (Å²) in [5.41, 5.74) is 3.88. The van der Waals surface area contributed by atoms with Crippen LogP contribution in [0.2, 0.25) is 0 Å². The lowest BCUT2D eigenvalue weighted by Gasteiger charge is -2.63. The van der Waals surface area contributed by atoms with Gasteiger partial charge in [-0.25, -0.2) is 0 Å². The number of methoxy groups -OCH3 is 2. The molecular formula is C49H66N6O9. The van der Waals surface area contributed by atoms with Gasteiger partial charge >= 0.3 is 11.9 Å². The maximum atomic E-state index is 15.4. The summed E-state index contributed by atoms with van der Waals surface area (Å²) in [6.45, 7) is 8.91. The quantitative estimate of drug-likeness (QED) is 0.0934. The maximum Gasteiger partial charge on any atom is 0.322 e. The van der Waals surface area contributed by atoms with Gasteiger partial charge in [-0.3, -0.25) is 24.2 Å². The Hall–Kier alpha value is -4.51. The van der Waals surface area contributed by atoms with Gasteiger partial charge in [-0.15, -0.1) is 0 Å². The second-order valence-corrected chi connectivity index (χ2v) is 19.7. The van der Waals surface area contributed by atoms with Crippen molar-refractivity contribution in [3.05, 3.63) is 70.9 Å². The number of nitrogens with two attached hydrogens (primary N) is 1. The number of aliphatic hydroxyl groups excluding tert-OH is 1. The van der Waals surface area contributed by atoms with E-state index in [0.717, 1.165) is 33.4 Å². The molecule has 2 saturated heterocycles. The molecule has 1 amide bonds. The summed E-state index contributed by atoms with van der Waals surface area (Å²) in [7, 11) is 4.89. The highest BCUT2D eigenvalue weighted by Crippen LogP contribution is 2.67. The van der Waals surface area contributed by atoms with Gasteiger partial charge in [0, 0.05) is 90.6 Å².